The summed E-state index contributed by atoms with van der Waals surface area (Å²) >= 11 is 0. The van der Waals surface area contributed by atoms with Crippen molar-refractivity contribution in [1.29, 1.82) is 0 Å². The molecule has 0 bridgehead atoms. The average Bonchev–Trinajstić information content (AvgIpc) is 1.66. The van der Waals surface area contributed by atoms with Crippen molar-refractivity contribution in [2.24, 2.45) is 0 Å². The molecule has 0 aliphatic rings. The molecule has 0 aromatic rings. The van der Waals surface area contributed by atoms with Crippen LogP contribution in [0, 0.1) is 0 Å². The van der Waals surface area contributed by atoms with Crippen LogP contribution in [0.2, 0.25) is 0 Å². The lowest BCUT2D eigenvalue weighted by Gasteiger charge is -1.89. The van der Waals surface area contributed by atoms with Gasteiger partial charge in [0, 0.05) is 0 Å². The molecule has 1 atom stereocenters. The summed E-state index contributed by atoms with van der Waals surface area (Å²) in [6.45, 7) is 5.25. The van der Waals surface area contributed by atoms with Crippen molar-refractivity contribution >= 4 is 0 Å². The van der Waals surface area contributed by atoms with E-state index < -0.39 is 0 Å². The van der Waals surface area contributed by atoms with Crippen LogP contribution in [-0.4, -0.2) is 11.2 Å². The first kappa shape index (κ1) is 7.44. The molecule has 0 aliphatic carbocycles. The summed E-state index contributed by atoms with van der Waals surface area (Å²) in [6, 6.07) is 0. The Morgan fingerprint density at radius 1 is 1.75 bits per heavy atom. The van der Waals surface area contributed by atoms with Gasteiger partial charge in [0.25, 0.3) is 0 Å². The molecule has 0 heterocycles. The van der Waals surface area contributed by atoms with Crippen molar-refractivity contribution in [1.82, 2.24) is 0 Å². The standard InChI is InChI=1S/C7H12O/c1-3-4-5-6-7(2)8/h3,5-8H,1,4H2,2H3. The van der Waals surface area contributed by atoms with Gasteiger partial charge in [-0.15, -0.1) is 6.58 Å². The average molecular weight is 112 g/mol. The molecule has 1 N–H and O–H groups in total. The van der Waals surface area contributed by atoms with Crippen LogP contribution in [0.1, 0.15) is 13.3 Å². The maximum Gasteiger partial charge on any atom is 0.0692 e. The van der Waals surface area contributed by atoms with E-state index in [9.17, 15) is 0 Å². The van der Waals surface area contributed by atoms with Gasteiger partial charge in [-0.2, -0.15) is 0 Å². The van der Waals surface area contributed by atoms with Crippen LogP contribution in [0.15, 0.2) is 24.8 Å². The summed E-state index contributed by atoms with van der Waals surface area (Å²) in [5, 5.41) is 8.66. The maximum atomic E-state index is 8.66. The first-order chi connectivity index (χ1) is 3.77. The molecule has 1 nitrogen and oxygen atoms in total. The van der Waals surface area contributed by atoms with Gasteiger partial charge in [0.2, 0.25) is 0 Å². The smallest absolute Gasteiger partial charge is 0.0692 e. The molecule has 0 aromatic heterocycles. The predicted octanol–water partition coefficient (Wildman–Crippen LogP) is 1.50. The van der Waals surface area contributed by atoms with Crippen LogP contribution >= 0.6 is 0 Å². The summed E-state index contributed by atoms with van der Waals surface area (Å²) in [5.74, 6) is 0. The van der Waals surface area contributed by atoms with Gasteiger partial charge in [0.05, 0.1) is 6.10 Å². The maximum absolute atomic E-state index is 8.66. The predicted molar refractivity (Wildman–Crippen MR) is 35.6 cm³/mol. The number of aliphatic hydroxyl groups is 1. The fourth-order valence-corrected chi connectivity index (χ4v) is 0.372. The minimum absolute atomic E-state index is 0.324. The SMILES string of the molecule is C=CCC=CC(C)O. The molecule has 0 saturated carbocycles. The second kappa shape index (κ2) is 4.60. The highest BCUT2D eigenvalue weighted by Crippen LogP contribution is 1.86. The summed E-state index contributed by atoms with van der Waals surface area (Å²) in [6.07, 6.45) is 5.93. The Hall–Kier alpha value is -0.560. The molecule has 0 rings (SSSR count). The van der Waals surface area contributed by atoms with E-state index in [1.807, 2.05) is 6.08 Å². The lowest BCUT2D eigenvalue weighted by atomic mass is 10.3. The molecule has 0 radical (unpaired) electrons. The van der Waals surface area contributed by atoms with Gasteiger partial charge >= 0.3 is 0 Å². The third kappa shape index (κ3) is 5.44. The van der Waals surface area contributed by atoms with Gasteiger partial charge in [-0.3, -0.25) is 0 Å². The monoisotopic (exact) mass is 112 g/mol. The topological polar surface area (TPSA) is 20.2 Å². The largest absolute Gasteiger partial charge is 0.389 e. The normalized spacial score (nSPS) is 14.2. The lowest BCUT2D eigenvalue weighted by Crippen LogP contribution is -1.90. The summed E-state index contributed by atoms with van der Waals surface area (Å²) in [4.78, 5) is 0. The molecular formula is C7H12O. The van der Waals surface area contributed by atoms with Gasteiger partial charge < -0.3 is 5.11 Å². The van der Waals surface area contributed by atoms with E-state index in [2.05, 4.69) is 6.58 Å². The van der Waals surface area contributed by atoms with E-state index in [4.69, 9.17) is 5.11 Å². The van der Waals surface area contributed by atoms with Crippen LogP contribution in [-0.2, 0) is 0 Å². The first-order valence-corrected chi connectivity index (χ1v) is 2.73. The highest BCUT2D eigenvalue weighted by Gasteiger charge is 1.80. The zero-order valence-corrected chi connectivity index (χ0v) is 5.17. The third-order valence-electron chi connectivity index (χ3n) is 0.717. The van der Waals surface area contributed by atoms with Crippen molar-refractivity contribution in [2.75, 3.05) is 0 Å². The van der Waals surface area contributed by atoms with Crippen LogP contribution in [0.25, 0.3) is 0 Å². The van der Waals surface area contributed by atoms with Crippen LogP contribution in [0.3, 0.4) is 0 Å². The Kier molecular flexibility index (Phi) is 4.27. The van der Waals surface area contributed by atoms with Crippen LogP contribution in [0.5, 0.6) is 0 Å². The van der Waals surface area contributed by atoms with Gasteiger partial charge in [-0.1, -0.05) is 18.2 Å². The van der Waals surface area contributed by atoms with Gasteiger partial charge in [-0.05, 0) is 13.3 Å². The molecular weight excluding hydrogens is 100 g/mol. The van der Waals surface area contributed by atoms with Crippen molar-refractivity contribution in [3.05, 3.63) is 24.8 Å². The Morgan fingerprint density at radius 2 is 2.38 bits per heavy atom. The minimum atomic E-state index is -0.324. The fraction of sp³-hybridized carbons (Fsp3) is 0.429. The van der Waals surface area contributed by atoms with Crippen molar-refractivity contribution in [3.63, 3.8) is 0 Å². The molecule has 1 unspecified atom stereocenters. The van der Waals surface area contributed by atoms with Crippen molar-refractivity contribution < 1.29 is 5.11 Å². The number of hydrogen-bond donors (Lipinski definition) is 1. The highest BCUT2D eigenvalue weighted by atomic mass is 16.3. The van der Waals surface area contributed by atoms with Crippen molar-refractivity contribution in [2.45, 2.75) is 19.4 Å². The zero-order valence-electron chi connectivity index (χ0n) is 5.17. The van der Waals surface area contributed by atoms with E-state index in [0.717, 1.165) is 6.42 Å². The van der Waals surface area contributed by atoms with Gasteiger partial charge in [0.15, 0.2) is 0 Å². The molecule has 0 saturated heterocycles. The van der Waals surface area contributed by atoms with Gasteiger partial charge in [0.1, 0.15) is 0 Å². The molecule has 0 amide bonds. The molecule has 0 spiro atoms. The van der Waals surface area contributed by atoms with E-state index in [1.54, 1.807) is 19.1 Å². The van der Waals surface area contributed by atoms with E-state index >= 15 is 0 Å². The molecule has 0 aliphatic heterocycles. The molecule has 8 heavy (non-hydrogen) atoms. The Labute approximate surface area is 50.3 Å². The van der Waals surface area contributed by atoms with E-state index in [1.165, 1.54) is 0 Å². The lowest BCUT2D eigenvalue weighted by molar-refractivity contribution is 0.244. The van der Waals surface area contributed by atoms with E-state index in [0.29, 0.717) is 0 Å². The van der Waals surface area contributed by atoms with Crippen molar-refractivity contribution in [3.8, 4) is 0 Å². The zero-order chi connectivity index (χ0) is 6.41. The summed E-state index contributed by atoms with van der Waals surface area (Å²) in [5.41, 5.74) is 0. The third-order valence-corrected chi connectivity index (χ3v) is 0.717. The Morgan fingerprint density at radius 3 is 2.75 bits per heavy atom. The van der Waals surface area contributed by atoms with Crippen LogP contribution < -0.4 is 0 Å². The quantitative estimate of drug-likeness (QED) is 0.548. The summed E-state index contributed by atoms with van der Waals surface area (Å²) in [7, 11) is 0. The summed E-state index contributed by atoms with van der Waals surface area (Å²) < 4.78 is 0. The second-order valence-electron chi connectivity index (χ2n) is 1.69. The minimum Gasteiger partial charge on any atom is -0.389 e. The molecule has 0 fully saturated rings. The number of hydrogen-bond acceptors (Lipinski definition) is 1. The number of rotatable bonds is 3. The Balaban J connectivity index is 3.19. The van der Waals surface area contributed by atoms with Gasteiger partial charge in [-0.25, -0.2) is 0 Å². The second-order valence-corrected chi connectivity index (χ2v) is 1.69. The molecule has 1 heteroatoms. The molecule has 46 valence electrons. The van der Waals surface area contributed by atoms with E-state index in [-0.39, 0.29) is 6.10 Å². The number of aliphatic hydroxyl groups excluding tert-OH is 1. The fourth-order valence-electron chi connectivity index (χ4n) is 0.372. The highest BCUT2D eigenvalue weighted by molar-refractivity contribution is 4.91. The first-order valence-electron chi connectivity index (χ1n) is 2.73. The van der Waals surface area contributed by atoms with Crippen LogP contribution in [0.4, 0.5) is 0 Å². The Bertz CT molecular complexity index is 82.4. The molecule has 0 aromatic carbocycles. The number of allylic oxidation sites excluding steroid dienone is 2.